The van der Waals surface area contributed by atoms with E-state index in [-0.39, 0.29) is 11.5 Å². The van der Waals surface area contributed by atoms with Crippen LogP contribution in [-0.4, -0.2) is 37.6 Å². The molecule has 0 saturated carbocycles. The van der Waals surface area contributed by atoms with E-state index in [0.717, 1.165) is 32.7 Å². The summed E-state index contributed by atoms with van der Waals surface area (Å²) in [5.74, 6) is 0. The molecule has 3 N–H and O–H groups in total. The van der Waals surface area contributed by atoms with Gasteiger partial charge >= 0.3 is 0 Å². The van der Waals surface area contributed by atoms with E-state index in [9.17, 15) is 0 Å². The van der Waals surface area contributed by atoms with Gasteiger partial charge in [-0.25, -0.2) is 0 Å². The summed E-state index contributed by atoms with van der Waals surface area (Å²) in [6, 6.07) is 8.57. The Balaban J connectivity index is 2.07. The lowest BCUT2D eigenvalue weighted by molar-refractivity contribution is 0.138. The van der Waals surface area contributed by atoms with E-state index in [1.54, 1.807) is 0 Å². The Morgan fingerprint density at radius 2 is 1.89 bits per heavy atom. The molecule has 0 bridgehead atoms. The molecular formula is C16H27N3. The van der Waals surface area contributed by atoms with E-state index < -0.39 is 0 Å². The zero-order chi connectivity index (χ0) is 13.9. The molecule has 1 aromatic rings. The fraction of sp³-hybridized carbons (Fsp3) is 0.625. The number of piperazine rings is 1. The number of nitrogens with one attached hydrogen (secondary N) is 1. The molecule has 1 aliphatic heterocycles. The third-order valence-electron chi connectivity index (χ3n) is 4.21. The lowest BCUT2D eigenvalue weighted by atomic mass is 9.79. The number of benzene rings is 1. The van der Waals surface area contributed by atoms with E-state index in [0.29, 0.717) is 0 Å². The van der Waals surface area contributed by atoms with Crippen molar-refractivity contribution in [2.45, 2.75) is 26.8 Å². The van der Waals surface area contributed by atoms with Crippen molar-refractivity contribution in [3.63, 3.8) is 0 Å². The fourth-order valence-corrected chi connectivity index (χ4v) is 2.90. The Morgan fingerprint density at radius 1 is 1.26 bits per heavy atom. The van der Waals surface area contributed by atoms with Gasteiger partial charge in [-0.05, 0) is 23.5 Å². The number of rotatable bonds is 4. The number of aryl methyl sites for hydroxylation is 1. The Hall–Kier alpha value is -0.900. The second kappa shape index (κ2) is 6.04. The number of nitrogens with two attached hydrogens (primary N) is 1. The molecule has 0 aliphatic carbocycles. The quantitative estimate of drug-likeness (QED) is 0.870. The maximum absolute atomic E-state index is 6.55. The van der Waals surface area contributed by atoms with Crippen LogP contribution in [0.15, 0.2) is 24.3 Å². The van der Waals surface area contributed by atoms with E-state index in [1.165, 1.54) is 11.1 Å². The van der Waals surface area contributed by atoms with Crippen molar-refractivity contribution < 1.29 is 0 Å². The van der Waals surface area contributed by atoms with Gasteiger partial charge in [0.2, 0.25) is 0 Å². The Bertz CT molecular complexity index is 408. The molecule has 1 aromatic carbocycles. The van der Waals surface area contributed by atoms with Crippen molar-refractivity contribution in [2.75, 3.05) is 32.7 Å². The number of hydrogen-bond donors (Lipinski definition) is 2. The summed E-state index contributed by atoms with van der Waals surface area (Å²) in [5.41, 5.74) is 9.21. The highest BCUT2D eigenvalue weighted by Gasteiger charge is 2.31. The average Bonchev–Trinajstić information content (AvgIpc) is 2.39. The predicted octanol–water partition coefficient (Wildman–Crippen LogP) is 1.93. The molecule has 1 fully saturated rings. The van der Waals surface area contributed by atoms with Crippen LogP contribution in [0.2, 0.25) is 0 Å². The van der Waals surface area contributed by atoms with E-state index in [2.05, 4.69) is 55.3 Å². The Kier molecular flexibility index (Phi) is 4.61. The van der Waals surface area contributed by atoms with Crippen LogP contribution >= 0.6 is 0 Å². The van der Waals surface area contributed by atoms with Crippen molar-refractivity contribution in [1.29, 1.82) is 0 Å². The second-order valence-corrected chi connectivity index (χ2v) is 6.35. The van der Waals surface area contributed by atoms with E-state index in [1.807, 2.05) is 0 Å². The maximum atomic E-state index is 6.55. The zero-order valence-electron chi connectivity index (χ0n) is 12.4. The maximum Gasteiger partial charge on any atom is 0.0361 e. The van der Waals surface area contributed by atoms with Gasteiger partial charge in [0.15, 0.2) is 0 Å². The standard InChI is InChI=1S/C16H27N3/c1-13-6-4-5-7-14(13)15(17)16(2,3)12-19-10-8-18-9-11-19/h4-7,15,18H,8-12,17H2,1-3H3. The first-order valence-corrected chi connectivity index (χ1v) is 7.25. The molecule has 3 nitrogen and oxygen atoms in total. The Labute approximate surface area is 117 Å². The molecule has 19 heavy (non-hydrogen) atoms. The minimum absolute atomic E-state index is 0.0867. The lowest BCUT2D eigenvalue weighted by Crippen LogP contribution is -2.49. The van der Waals surface area contributed by atoms with Crippen molar-refractivity contribution in [3.05, 3.63) is 35.4 Å². The SMILES string of the molecule is Cc1ccccc1C(N)C(C)(C)CN1CCNCC1. The van der Waals surface area contributed by atoms with Gasteiger partial charge in [-0.3, -0.25) is 0 Å². The highest BCUT2D eigenvalue weighted by molar-refractivity contribution is 5.29. The van der Waals surface area contributed by atoms with Gasteiger partial charge in [0.1, 0.15) is 0 Å². The number of nitrogens with zero attached hydrogens (tertiary/aromatic N) is 1. The molecule has 2 rings (SSSR count). The molecule has 0 radical (unpaired) electrons. The molecule has 3 heteroatoms. The van der Waals surface area contributed by atoms with Gasteiger partial charge in [0.05, 0.1) is 0 Å². The molecule has 1 heterocycles. The van der Waals surface area contributed by atoms with Crippen LogP contribution in [0.4, 0.5) is 0 Å². The molecule has 106 valence electrons. The molecule has 0 spiro atoms. The molecule has 1 saturated heterocycles. The molecule has 0 amide bonds. The first-order chi connectivity index (χ1) is 9.00. The van der Waals surface area contributed by atoms with Crippen LogP contribution in [0, 0.1) is 12.3 Å². The van der Waals surface area contributed by atoms with Crippen molar-refractivity contribution in [2.24, 2.45) is 11.1 Å². The fourth-order valence-electron chi connectivity index (χ4n) is 2.90. The van der Waals surface area contributed by atoms with Crippen molar-refractivity contribution in [3.8, 4) is 0 Å². The monoisotopic (exact) mass is 261 g/mol. The average molecular weight is 261 g/mol. The second-order valence-electron chi connectivity index (χ2n) is 6.35. The van der Waals surface area contributed by atoms with Gasteiger partial charge in [-0.15, -0.1) is 0 Å². The number of hydrogen-bond acceptors (Lipinski definition) is 3. The largest absolute Gasteiger partial charge is 0.323 e. The first kappa shape index (κ1) is 14.5. The van der Waals surface area contributed by atoms with Crippen LogP contribution in [0.1, 0.15) is 31.0 Å². The summed E-state index contributed by atoms with van der Waals surface area (Å²) >= 11 is 0. The highest BCUT2D eigenvalue weighted by atomic mass is 15.2. The van der Waals surface area contributed by atoms with Gasteiger partial charge in [-0.2, -0.15) is 0 Å². The van der Waals surface area contributed by atoms with Gasteiger partial charge in [0.25, 0.3) is 0 Å². The normalized spacial score (nSPS) is 19.4. The van der Waals surface area contributed by atoms with Crippen LogP contribution in [0.3, 0.4) is 0 Å². The van der Waals surface area contributed by atoms with Crippen LogP contribution in [0.25, 0.3) is 0 Å². The molecule has 1 atom stereocenters. The molecule has 1 aliphatic rings. The molecule has 1 unspecified atom stereocenters. The minimum atomic E-state index is 0.0867. The van der Waals surface area contributed by atoms with E-state index >= 15 is 0 Å². The lowest BCUT2D eigenvalue weighted by Gasteiger charge is -2.39. The predicted molar refractivity (Wildman–Crippen MR) is 81.2 cm³/mol. The third kappa shape index (κ3) is 3.56. The van der Waals surface area contributed by atoms with Gasteiger partial charge in [-0.1, -0.05) is 38.1 Å². The van der Waals surface area contributed by atoms with Crippen LogP contribution in [-0.2, 0) is 0 Å². The van der Waals surface area contributed by atoms with Gasteiger partial charge in [0, 0.05) is 38.8 Å². The van der Waals surface area contributed by atoms with E-state index in [4.69, 9.17) is 5.73 Å². The van der Waals surface area contributed by atoms with Crippen LogP contribution in [0.5, 0.6) is 0 Å². The summed E-state index contributed by atoms with van der Waals surface area (Å²) < 4.78 is 0. The van der Waals surface area contributed by atoms with Crippen LogP contribution < -0.4 is 11.1 Å². The minimum Gasteiger partial charge on any atom is -0.323 e. The first-order valence-electron chi connectivity index (χ1n) is 7.25. The highest BCUT2D eigenvalue weighted by Crippen LogP contribution is 2.33. The zero-order valence-corrected chi connectivity index (χ0v) is 12.4. The topological polar surface area (TPSA) is 41.3 Å². The molecular weight excluding hydrogens is 234 g/mol. The molecule has 0 aromatic heterocycles. The summed E-state index contributed by atoms with van der Waals surface area (Å²) in [6.07, 6.45) is 0. The third-order valence-corrected chi connectivity index (χ3v) is 4.21. The summed E-state index contributed by atoms with van der Waals surface area (Å²) in [5, 5.41) is 3.40. The smallest absolute Gasteiger partial charge is 0.0361 e. The summed E-state index contributed by atoms with van der Waals surface area (Å²) in [4.78, 5) is 2.52. The van der Waals surface area contributed by atoms with Crippen molar-refractivity contribution in [1.82, 2.24) is 10.2 Å². The van der Waals surface area contributed by atoms with Crippen molar-refractivity contribution >= 4 is 0 Å². The van der Waals surface area contributed by atoms with Gasteiger partial charge < -0.3 is 16.0 Å². The summed E-state index contributed by atoms with van der Waals surface area (Å²) in [6.45, 7) is 12.2. The summed E-state index contributed by atoms with van der Waals surface area (Å²) in [7, 11) is 0. The Morgan fingerprint density at radius 3 is 2.53 bits per heavy atom.